The Bertz CT molecular complexity index is 163. The monoisotopic (exact) mass is 215 g/mol. The van der Waals surface area contributed by atoms with E-state index in [1.54, 1.807) is 0 Å². The van der Waals surface area contributed by atoms with Gasteiger partial charge in [-0.15, -0.1) is 0 Å². The highest BCUT2D eigenvalue weighted by Crippen LogP contribution is 1.95. The SMILES string of the molecule is CN(C)S(=O)(=O)CCBr. The summed E-state index contributed by atoms with van der Waals surface area (Å²) in [7, 11) is 0.0898. The fourth-order valence-corrected chi connectivity index (χ4v) is 2.07. The Labute approximate surface area is 64.2 Å². The number of nitrogens with zero attached hydrogens (tertiary/aromatic N) is 1. The molecule has 0 bridgehead atoms. The van der Waals surface area contributed by atoms with Crippen molar-refractivity contribution in [1.29, 1.82) is 0 Å². The van der Waals surface area contributed by atoms with Gasteiger partial charge in [-0.3, -0.25) is 0 Å². The molecule has 0 aromatic carbocycles. The normalized spacial score (nSPS) is 12.4. The lowest BCUT2D eigenvalue weighted by Gasteiger charge is -2.08. The molecular formula is C4H10BrNO2S. The van der Waals surface area contributed by atoms with Crippen molar-refractivity contribution in [1.82, 2.24) is 4.31 Å². The number of sulfonamides is 1. The van der Waals surface area contributed by atoms with E-state index in [4.69, 9.17) is 0 Å². The molecule has 9 heavy (non-hydrogen) atoms. The minimum atomic E-state index is -2.96. The van der Waals surface area contributed by atoms with Crippen LogP contribution in [0, 0.1) is 0 Å². The Morgan fingerprint density at radius 1 is 1.44 bits per heavy atom. The molecule has 0 aliphatic heterocycles. The van der Waals surface area contributed by atoms with Crippen LogP contribution in [0.3, 0.4) is 0 Å². The molecule has 5 heteroatoms. The van der Waals surface area contributed by atoms with Gasteiger partial charge in [0.15, 0.2) is 0 Å². The van der Waals surface area contributed by atoms with Crippen molar-refractivity contribution in [2.75, 3.05) is 25.2 Å². The van der Waals surface area contributed by atoms with Crippen LogP contribution >= 0.6 is 15.9 Å². The van der Waals surface area contributed by atoms with Crippen LogP contribution in [0.25, 0.3) is 0 Å². The van der Waals surface area contributed by atoms with Crippen LogP contribution in [-0.4, -0.2) is 37.9 Å². The summed E-state index contributed by atoms with van der Waals surface area (Å²) >= 11 is 3.05. The highest BCUT2D eigenvalue weighted by molar-refractivity contribution is 9.09. The first-order valence-corrected chi connectivity index (χ1v) is 5.20. The number of rotatable bonds is 3. The van der Waals surface area contributed by atoms with Gasteiger partial charge in [0.05, 0.1) is 5.75 Å². The van der Waals surface area contributed by atoms with Crippen molar-refractivity contribution in [3.8, 4) is 0 Å². The molecule has 0 saturated carbocycles. The molecular weight excluding hydrogens is 206 g/mol. The van der Waals surface area contributed by atoms with E-state index in [2.05, 4.69) is 15.9 Å². The second-order valence-electron chi connectivity index (χ2n) is 1.79. The smallest absolute Gasteiger partial charge is 0.212 e. The maximum absolute atomic E-state index is 10.8. The Hall–Kier alpha value is 0.390. The van der Waals surface area contributed by atoms with Gasteiger partial charge >= 0.3 is 0 Å². The van der Waals surface area contributed by atoms with E-state index in [0.29, 0.717) is 5.33 Å². The lowest BCUT2D eigenvalue weighted by molar-refractivity contribution is 0.522. The summed E-state index contributed by atoms with van der Waals surface area (Å²) in [5.41, 5.74) is 0. The zero-order chi connectivity index (χ0) is 7.49. The van der Waals surface area contributed by atoms with Gasteiger partial charge in [0.25, 0.3) is 0 Å². The quantitative estimate of drug-likeness (QED) is 0.635. The molecule has 0 saturated heterocycles. The first kappa shape index (κ1) is 9.39. The topological polar surface area (TPSA) is 37.4 Å². The summed E-state index contributed by atoms with van der Waals surface area (Å²) in [6, 6.07) is 0. The third-order valence-corrected chi connectivity index (χ3v) is 3.65. The Morgan fingerprint density at radius 2 is 1.89 bits per heavy atom. The summed E-state index contributed by atoms with van der Waals surface area (Å²) in [6.45, 7) is 0. The maximum atomic E-state index is 10.8. The third kappa shape index (κ3) is 3.17. The molecule has 0 amide bonds. The second kappa shape index (κ2) is 3.53. The molecule has 0 radical (unpaired) electrons. The van der Waals surface area contributed by atoms with Crippen LogP contribution in [0.4, 0.5) is 0 Å². The van der Waals surface area contributed by atoms with Gasteiger partial charge in [-0.1, -0.05) is 15.9 Å². The summed E-state index contributed by atoms with van der Waals surface area (Å²) < 4.78 is 22.9. The van der Waals surface area contributed by atoms with Crippen molar-refractivity contribution < 1.29 is 8.42 Å². The Balaban J connectivity index is 4.05. The maximum Gasteiger partial charge on any atom is 0.214 e. The summed E-state index contributed by atoms with van der Waals surface area (Å²) in [6.07, 6.45) is 0. The second-order valence-corrected chi connectivity index (χ2v) is 4.88. The Kier molecular flexibility index (Phi) is 3.68. The van der Waals surface area contributed by atoms with E-state index in [0.717, 1.165) is 0 Å². The fraction of sp³-hybridized carbons (Fsp3) is 1.00. The fourth-order valence-electron chi connectivity index (χ4n) is 0.280. The van der Waals surface area contributed by atoms with Gasteiger partial charge in [0.2, 0.25) is 10.0 Å². The molecule has 0 aromatic heterocycles. The van der Waals surface area contributed by atoms with Crippen molar-refractivity contribution >= 4 is 26.0 Å². The molecule has 0 rings (SSSR count). The molecule has 0 N–H and O–H groups in total. The average Bonchev–Trinajstić information content (AvgIpc) is 1.65. The minimum absolute atomic E-state index is 0.167. The van der Waals surface area contributed by atoms with Crippen LogP contribution in [-0.2, 0) is 10.0 Å². The van der Waals surface area contributed by atoms with Crippen LogP contribution in [0.15, 0.2) is 0 Å². The van der Waals surface area contributed by atoms with Crippen LogP contribution in [0.1, 0.15) is 0 Å². The average molecular weight is 216 g/mol. The molecule has 0 atom stereocenters. The molecule has 3 nitrogen and oxygen atoms in total. The van der Waals surface area contributed by atoms with Crippen molar-refractivity contribution in [2.24, 2.45) is 0 Å². The predicted molar refractivity (Wildman–Crippen MR) is 41.3 cm³/mol. The van der Waals surface area contributed by atoms with E-state index in [9.17, 15) is 8.42 Å². The molecule has 0 unspecified atom stereocenters. The number of hydrogen-bond donors (Lipinski definition) is 0. The zero-order valence-corrected chi connectivity index (χ0v) is 7.87. The zero-order valence-electron chi connectivity index (χ0n) is 5.46. The summed E-state index contributed by atoms with van der Waals surface area (Å²) in [5, 5.41) is 0.494. The van der Waals surface area contributed by atoms with Gasteiger partial charge in [-0.2, -0.15) is 0 Å². The van der Waals surface area contributed by atoms with E-state index >= 15 is 0 Å². The summed E-state index contributed by atoms with van der Waals surface area (Å²) in [5.74, 6) is 0.167. The highest BCUT2D eigenvalue weighted by Gasteiger charge is 2.10. The minimum Gasteiger partial charge on any atom is -0.212 e. The van der Waals surface area contributed by atoms with E-state index in [-0.39, 0.29) is 5.75 Å². The molecule has 56 valence electrons. The first-order valence-electron chi connectivity index (χ1n) is 2.47. The van der Waals surface area contributed by atoms with Gasteiger partial charge in [-0.05, 0) is 0 Å². The van der Waals surface area contributed by atoms with Gasteiger partial charge < -0.3 is 0 Å². The van der Waals surface area contributed by atoms with E-state index in [1.807, 2.05) is 0 Å². The molecule has 0 aliphatic carbocycles. The van der Waals surface area contributed by atoms with Crippen LogP contribution < -0.4 is 0 Å². The number of alkyl halides is 1. The van der Waals surface area contributed by atoms with Crippen molar-refractivity contribution in [3.63, 3.8) is 0 Å². The van der Waals surface area contributed by atoms with Gasteiger partial charge in [0.1, 0.15) is 0 Å². The molecule has 0 aromatic rings. The first-order chi connectivity index (χ1) is 4.00. The number of hydrogen-bond acceptors (Lipinski definition) is 2. The number of halogens is 1. The van der Waals surface area contributed by atoms with Crippen LogP contribution in [0.2, 0.25) is 0 Å². The van der Waals surface area contributed by atoms with E-state index < -0.39 is 10.0 Å². The van der Waals surface area contributed by atoms with Crippen molar-refractivity contribution in [3.05, 3.63) is 0 Å². The third-order valence-electron chi connectivity index (χ3n) is 0.891. The van der Waals surface area contributed by atoms with Crippen molar-refractivity contribution in [2.45, 2.75) is 0 Å². The standard InChI is InChI=1S/C4H10BrNO2S/c1-6(2)9(7,8)4-3-5/h3-4H2,1-2H3. The molecule has 0 heterocycles. The highest BCUT2D eigenvalue weighted by atomic mass is 79.9. The molecule has 0 spiro atoms. The lowest BCUT2D eigenvalue weighted by Crippen LogP contribution is -2.25. The van der Waals surface area contributed by atoms with Gasteiger partial charge in [-0.25, -0.2) is 12.7 Å². The predicted octanol–water partition coefficient (Wildman–Crippen LogP) is 0.273. The van der Waals surface area contributed by atoms with E-state index in [1.165, 1.54) is 18.4 Å². The lowest BCUT2D eigenvalue weighted by atomic mass is 11.0. The van der Waals surface area contributed by atoms with Gasteiger partial charge in [0, 0.05) is 19.4 Å². The largest absolute Gasteiger partial charge is 0.214 e. The molecule has 0 aliphatic rings. The Morgan fingerprint density at radius 3 is 2.00 bits per heavy atom. The van der Waals surface area contributed by atoms with Crippen LogP contribution in [0.5, 0.6) is 0 Å². The summed E-state index contributed by atoms with van der Waals surface area (Å²) in [4.78, 5) is 0. The molecule has 0 fully saturated rings.